The topological polar surface area (TPSA) is 40.5 Å². The summed E-state index contributed by atoms with van der Waals surface area (Å²) in [5.41, 5.74) is 0. The molecule has 2 atom stereocenters. The zero-order chi connectivity index (χ0) is 11.4. The molecule has 2 fully saturated rings. The highest BCUT2D eigenvalue weighted by molar-refractivity contribution is 5.82. The van der Waals surface area contributed by atoms with E-state index in [2.05, 4.69) is 4.90 Å². The fourth-order valence-corrected chi connectivity index (χ4v) is 3.30. The Morgan fingerprint density at radius 3 is 2.75 bits per heavy atom. The van der Waals surface area contributed by atoms with Crippen LogP contribution in [0.1, 0.15) is 44.9 Å². The van der Waals surface area contributed by atoms with E-state index < -0.39 is 0 Å². The Labute approximate surface area is 97.8 Å². The predicted octanol–water partition coefficient (Wildman–Crippen LogP) is 1.59. The van der Waals surface area contributed by atoms with Gasteiger partial charge in [0, 0.05) is 24.9 Å². The van der Waals surface area contributed by atoms with Crippen LogP contribution in [0.15, 0.2) is 0 Å². The summed E-state index contributed by atoms with van der Waals surface area (Å²) in [5, 5.41) is 9.07. The van der Waals surface area contributed by atoms with E-state index in [1.54, 1.807) is 0 Å². The molecule has 0 bridgehead atoms. The zero-order valence-electron chi connectivity index (χ0n) is 10.0. The van der Waals surface area contributed by atoms with Crippen molar-refractivity contribution in [2.45, 2.75) is 51.0 Å². The number of rotatable bonds is 3. The summed E-state index contributed by atoms with van der Waals surface area (Å²) < 4.78 is 0. The Morgan fingerprint density at radius 1 is 1.19 bits per heavy atom. The molecule has 92 valence electrons. The summed E-state index contributed by atoms with van der Waals surface area (Å²) in [6.45, 7) is 2.03. The summed E-state index contributed by atoms with van der Waals surface area (Å²) >= 11 is 0. The number of aliphatic hydroxyl groups excluding tert-OH is 1. The standard InChI is InChI=1S/C13H23NO2/c15-10-9-14-8-4-3-6-12(14)11-5-1-2-7-13(11)16/h11-12,15H,1-10H2. The third-order valence-corrected chi connectivity index (χ3v) is 4.12. The van der Waals surface area contributed by atoms with Gasteiger partial charge in [-0.15, -0.1) is 0 Å². The minimum Gasteiger partial charge on any atom is -0.395 e. The number of likely N-dealkylation sites (tertiary alicyclic amines) is 1. The highest BCUT2D eigenvalue weighted by atomic mass is 16.3. The lowest BCUT2D eigenvalue weighted by atomic mass is 9.79. The second-order valence-corrected chi connectivity index (χ2v) is 5.14. The van der Waals surface area contributed by atoms with Gasteiger partial charge >= 0.3 is 0 Å². The minimum atomic E-state index is 0.220. The third-order valence-electron chi connectivity index (χ3n) is 4.12. The van der Waals surface area contributed by atoms with E-state index in [1.807, 2.05) is 0 Å². The first kappa shape index (κ1) is 12.1. The van der Waals surface area contributed by atoms with E-state index in [0.29, 0.717) is 11.8 Å². The normalized spacial score (nSPS) is 32.9. The van der Waals surface area contributed by atoms with Crippen LogP contribution in [-0.2, 0) is 4.79 Å². The number of aliphatic hydroxyl groups is 1. The average Bonchev–Trinajstić information content (AvgIpc) is 2.31. The van der Waals surface area contributed by atoms with Crippen LogP contribution in [0, 0.1) is 5.92 Å². The van der Waals surface area contributed by atoms with Crippen LogP contribution in [-0.4, -0.2) is 41.5 Å². The van der Waals surface area contributed by atoms with Crippen molar-refractivity contribution in [3.05, 3.63) is 0 Å². The van der Waals surface area contributed by atoms with Crippen molar-refractivity contribution in [2.24, 2.45) is 5.92 Å². The van der Waals surface area contributed by atoms with Crippen molar-refractivity contribution in [3.8, 4) is 0 Å². The van der Waals surface area contributed by atoms with Crippen LogP contribution in [0.4, 0.5) is 0 Å². The second kappa shape index (κ2) is 5.78. The number of carbonyl (C=O) groups is 1. The van der Waals surface area contributed by atoms with Gasteiger partial charge in [-0.1, -0.05) is 12.8 Å². The lowest BCUT2D eigenvalue weighted by Gasteiger charge is -2.40. The number of β-amino-alcohol motifs (C(OH)–C–C–N with tert-alkyl or cyclic N) is 1. The highest BCUT2D eigenvalue weighted by Crippen LogP contribution is 2.31. The maximum atomic E-state index is 12.0. The third kappa shape index (κ3) is 2.64. The Balaban J connectivity index is 2.00. The van der Waals surface area contributed by atoms with Crippen molar-refractivity contribution in [2.75, 3.05) is 19.7 Å². The fourth-order valence-electron chi connectivity index (χ4n) is 3.30. The molecular formula is C13H23NO2. The largest absolute Gasteiger partial charge is 0.395 e. The Morgan fingerprint density at radius 2 is 2.00 bits per heavy atom. The highest BCUT2D eigenvalue weighted by Gasteiger charge is 2.34. The molecule has 1 saturated heterocycles. The van der Waals surface area contributed by atoms with Gasteiger partial charge < -0.3 is 5.11 Å². The molecule has 2 rings (SSSR count). The molecule has 1 aliphatic carbocycles. The second-order valence-electron chi connectivity index (χ2n) is 5.14. The molecule has 0 spiro atoms. The summed E-state index contributed by atoms with van der Waals surface area (Å²) in [6, 6.07) is 0.425. The Bertz CT molecular complexity index is 240. The van der Waals surface area contributed by atoms with Gasteiger partial charge in [0.25, 0.3) is 0 Å². The van der Waals surface area contributed by atoms with E-state index in [0.717, 1.165) is 38.8 Å². The van der Waals surface area contributed by atoms with Gasteiger partial charge in [-0.05, 0) is 32.2 Å². The van der Waals surface area contributed by atoms with Crippen molar-refractivity contribution in [1.82, 2.24) is 4.90 Å². The van der Waals surface area contributed by atoms with Crippen LogP contribution in [0.2, 0.25) is 0 Å². The smallest absolute Gasteiger partial charge is 0.137 e. The van der Waals surface area contributed by atoms with E-state index in [-0.39, 0.29) is 12.5 Å². The molecule has 1 saturated carbocycles. The predicted molar refractivity (Wildman–Crippen MR) is 63.3 cm³/mol. The molecule has 16 heavy (non-hydrogen) atoms. The number of Topliss-reactive ketones (excluding diaryl/α,β-unsaturated/α-hetero) is 1. The molecule has 0 aromatic carbocycles. The van der Waals surface area contributed by atoms with Crippen molar-refractivity contribution in [3.63, 3.8) is 0 Å². The maximum absolute atomic E-state index is 12.0. The number of hydrogen-bond donors (Lipinski definition) is 1. The van der Waals surface area contributed by atoms with Gasteiger partial charge in [0.1, 0.15) is 5.78 Å². The summed E-state index contributed by atoms with van der Waals surface area (Å²) in [5.74, 6) is 0.738. The average molecular weight is 225 g/mol. The van der Waals surface area contributed by atoms with Gasteiger partial charge in [-0.2, -0.15) is 0 Å². The molecule has 1 heterocycles. The van der Waals surface area contributed by atoms with Gasteiger partial charge in [0.2, 0.25) is 0 Å². The SMILES string of the molecule is O=C1CCCCC1C1CCCCN1CCO. The minimum absolute atomic E-state index is 0.220. The van der Waals surface area contributed by atoms with Gasteiger partial charge in [-0.25, -0.2) is 0 Å². The monoisotopic (exact) mass is 225 g/mol. The fraction of sp³-hybridized carbons (Fsp3) is 0.923. The summed E-state index contributed by atoms with van der Waals surface area (Å²) in [7, 11) is 0. The number of nitrogens with zero attached hydrogens (tertiary/aromatic N) is 1. The molecule has 2 aliphatic rings. The lowest BCUT2D eigenvalue weighted by molar-refractivity contribution is -0.127. The maximum Gasteiger partial charge on any atom is 0.137 e. The first-order valence-electron chi connectivity index (χ1n) is 6.70. The van der Waals surface area contributed by atoms with E-state index in [9.17, 15) is 4.79 Å². The first-order valence-corrected chi connectivity index (χ1v) is 6.70. The van der Waals surface area contributed by atoms with Gasteiger partial charge in [0.05, 0.1) is 6.61 Å². The number of hydrogen-bond acceptors (Lipinski definition) is 3. The molecular weight excluding hydrogens is 202 g/mol. The van der Waals surface area contributed by atoms with E-state index in [1.165, 1.54) is 19.3 Å². The Hall–Kier alpha value is -0.410. The molecule has 2 unspecified atom stereocenters. The quantitative estimate of drug-likeness (QED) is 0.793. The number of piperidine rings is 1. The molecule has 0 aromatic heterocycles. The Kier molecular flexibility index (Phi) is 4.36. The molecule has 0 amide bonds. The van der Waals surface area contributed by atoms with Crippen LogP contribution in [0.25, 0.3) is 0 Å². The molecule has 0 radical (unpaired) electrons. The number of ketones is 1. The van der Waals surface area contributed by atoms with Crippen molar-refractivity contribution < 1.29 is 9.90 Å². The van der Waals surface area contributed by atoms with Crippen LogP contribution < -0.4 is 0 Å². The van der Waals surface area contributed by atoms with Crippen LogP contribution in [0.5, 0.6) is 0 Å². The number of carbonyl (C=O) groups excluding carboxylic acids is 1. The van der Waals surface area contributed by atoms with Gasteiger partial charge in [-0.3, -0.25) is 9.69 Å². The summed E-state index contributed by atoms with van der Waals surface area (Å²) in [6.07, 6.45) is 7.77. The molecule has 0 aromatic rings. The lowest BCUT2D eigenvalue weighted by Crippen LogP contribution is -2.48. The van der Waals surface area contributed by atoms with Crippen LogP contribution >= 0.6 is 0 Å². The molecule has 1 N–H and O–H groups in total. The van der Waals surface area contributed by atoms with E-state index >= 15 is 0 Å². The van der Waals surface area contributed by atoms with Gasteiger partial charge in [0.15, 0.2) is 0 Å². The molecule has 1 aliphatic heterocycles. The summed E-state index contributed by atoms with van der Waals surface area (Å²) in [4.78, 5) is 14.3. The zero-order valence-corrected chi connectivity index (χ0v) is 10.0. The first-order chi connectivity index (χ1) is 7.83. The van der Waals surface area contributed by atoms with Crippen molar-refractivity contribution >= 4 is 5.78 Å². The molecule has 3 nitrogen and oxygen atoms in total. The molecule has 3 heteroatoms. The van der Waals surface area contributed by atoms with Crippen LogP contribution in [0.3, 0.4) is 0 Å². The van der Waals surface area contributed by atoms with Crippen molar-refractivity contribution in [1.29, 1.82) is 0 Å². The van der Waals surface area contributed by atoms with E-state index in [4.69, 9.17) is 5.11 Å².